The molecule has 0 aromatic rings. The van der Waals surface area contributed by atoms with Gasteiger partial charge >= 0.3 is 0 Å². The molecule has 2 unspecified atom stereocenters. The number of nitrogens with one attached hydrogen (secondary N) is 1. The third kappa shape index (κ3) is 36.9. The first kappa shape index (κ1) is 46.8. The summed E-state index contributed by atoms with van der Waals surface area (Å²) in [4.78, 5) is 12.4. The average molecular weight is 682 g/mol. The third-order valence-electron chi connectivity index (χ3n) is 8.90. The van der Waals surface area contributed by atoms with Gasteiger partial charge in [-0.1, -0.05) is 177 Å². The fourth-order valence-corrected chi connectivity index (χ4v) is 5.75. The maximum atomic E-state index is 12.4. The summed E-state index contributed by atoms with van der Waals surface area (Å²) in [5, 5.41) is 22.9. The van der Waals surface area contributed by atoms with Gasteiger partial charge in [0.15, 0.2) is 0 Å². The molecular weight excluding hydrogens is 602 g/mol. The van der Waals surface area contributed by atoms with E-state index < -0.39 is 12.1 Å². The predicted octanol–water partition coefficient (Wildman–Crippen LogP) is 12.7. The minimum atomic E-state index is -0.877. The van der Waals surface area contributed by atoms with Crippen molar-refractivity contribution in [2.45, 2.75) is 199 Å². The number of carbonyl (C=O) groups is 1. The Bertz CT molecular complexity index is 868. The Kier molecular flexibility index (Phi) is 38.5. The summed E-state index contributed by atoms with van der Waals surface area (Å²) in [5.74, 6) is -0.0916. The molecule has 282 valence electrons. The predicted molar refractivity (Wildman–Crippen MR) is 216 cm³/mol. The van der Waals surface area contributed by atoms with Gasteiger partial charge in [-0.2, -0.15) is 0 Å². The van der Waals surface area contributed by atoms with E-state index in [9.17, 15) is 15.0 Å². The number of allylic oxidation sites excluding steroid dienone is 11. The summed E-state index contributed by atoms with van der Waals surface area (Å²) >= 11 is 0. The molecule has 4 nitrogen and oxygen atoms in total. The summed E-state index contributed by atoms with van der Waals surface area (Å²) in [6.45, 7) is 4.17. The SMILES string of the molecule is CC/C=C\C/C=C\C/C=C\CCCCCCCCCC(=O)NC(CO)C(O)/C=C/CC/C=C/CC/C=C/CCCCCCCCCCCC. The molecule has 4 heteroatoms. The van der Waals surface area contributed by atoms with E-state index >= 15 is 0 Å². The number of amides is 1. The van der Waals surface area contributed by atoms with Gasteiger partial charge in [0, 0.05) is 6.42 Å². The summed E-state index contributed by atoms with van der Waals surface area (Å²) < 4.78 is 0. The van der Waals surface area contributed by atoms with E-state index in [-0.39, 0.29) is 12.5 Å². The number of carbonyl (C=O) groups excluding carboxylic acids is 1. The van der Waals surface area contributed by atoms with E-state index in [1.54, 1.807) is 6.08 Å². The van der Waals surface area contributed by atoms with Crippen molar-refractivity contribution in [1.29, 1.82) is 0 Å². The van der Waals surface area contributed by atoms with Crippen LogP contribution in [0.5, 0.6) is 0 Å². The van der Waals surface area contributed by atoms with E-state index in [2.05, 4.69) is 79.9 Å². The Morgan fingerprint density at radius 3 is 1.43 bits per heavy atom. The standard InChI is InChI=1S/C45H79NO3/c1-3-5-7-9-11-13-15-17-19-21-22-23-25-26-28-30-32-34-36-38-40-44(48)43(42-47)46-45(49)41-39-37-35-33-31-29-27-24-20-18-16-14-12-10-8-6-4-2/h6,8,12,14,18,20,23,25,30,32,38,40,43-44,47-48H,3-5,7,9-11,13,15-17,19,21-22,24,26-29,31,33-37,39,41-42H2,1-2H3,(H,46,49)/b8-6-,14-12-,20-18-,25-23+,32-30+,40-38+. The first-order chi connectivity index (χ1) is 24.2. The van der Waals surface area contributed by atoms with Gasteiger partial charge in [-0.05, 0) is 77.0 Å². The van der Waals surface area contributed by atoms with Crippen LogP contribution in [0.2, 0.25) is 0 Å². The van der Waals surface area contributed by atoms with Gasteiger partial charge in [-0.3, -0.25) is 4.79 Å². The van der Waals surface area contributed by atoms with Crippen molar-refractivity contribution in [3.63, 3.8) is 0 Å². The highest BCUT2D eigenvalue weighted by Gasteiger charge is 2.17. The molecule has 0 fully saturated rings. The molecule has 2 atom stereocenters. The Labute approximate surface area is 304 Å². The van der Waals surface area contributed by atoms with Crippen molar-refractivity contribution in [3.05, 3.63) is 72.9 Å². The maximum absolute atomic E-state index is 12.4. The zero-order valence-corrected chi connectivity index (χ0v) is 32.2. The van der Waals surface area contributed by atoms with Crippen molar-refractivity contribution in [2.75, 3.05) is 6.61 Å². The van der Waals surface area contributed by atoms with Gasteiger partial charge < -0.3 is 15.5 Å². The zero-order valence-electron chi connectivity index (χ0n) is 32.2. The van der Waals surface area contributed by atoms with Gasteiger partial charge in [-0.15, -0.1) is 0 Å². The average Bonchev–Trinajstić information content (AvgIpc) is 3.10. The first-order valence-electron chi connectivity index (χ1n) is 20.7. The zero-order chi connectivity index (χ0) is 35.7. The molecule has 3 N–H and O–H groups in total. The van der Waals surface area contributed by atoms with Crippen LogP contribution < -0.4 is 5.32 Å². The summed E-state index contributed by atoms with van der Waals surface area (Å²) in [7, 11) is 0. The molecule has 0 spiro atoms. The lowest BCUT2D eigenvalue weighted by molar-refractivity contribution is -0.123. The number of hydrogen-bond donors (Lipinski definition) is 3. The minimum absolute atomic E-state index is 0.0916. The second-order valence-electron chi connectivity index (χ2n) is 13.7. The van der Waals surface area contributed by atoms with Crippen LogP contribution in [0, 0.1) is 0 Å². The van der Waals surface area contributed by atoms with Crippen LogP contribution in [-0.4, -0.2) is 34.9 Å². The highest BCUT2D eigenvalue weighted by Crippen LogP contribution is 2.13. The normalized spacial score (nSPS) is 13.8. The van der Waals surface area contributed by atoms with Gasteiger partial charge in [0.25, 0.3) is 0 Å². The lowest BCUT2D eigenvalue weighted by atomic mass is 10.1. The van der Waals surface area contributed by atoms with E-state index in [4.69, 9.17) is 0 Å². The number of aliphatic hydroxyl groups excluding tert-OH is 2. The second-order valence-corrected chi connectivity index (χ2v) is 13.7. The van der Waals surface area contributed by atoms with Crippen LogP contribution in [0.1, 0.15) is 187 Å². The van der Waals surface area contributed by atoms with Gasteiger partial charge in [0.2, 0.25) is 5.91 Å². The lowest BCUT2D eigenvalue weighted by Gasteiger charge is -2.19. The number of aliphatic hydroxyl groups is 2. The molecule has 0 saturated heterocycles. The molecule has 49 heavy (non-hydrogen) atoms. The van der Waals surface area contributed by atoms with Crippen LogP contribution in [0.15, 0.2) is 72.9 Å². The summed E-state index contributed by atoms with van der Waals surface area (Å²) in [5.41, 5.74) is 0. The molecule has 0 heterocycles. The first-order valence-corrected chi connectivity index (χ1v) is 20.7. The molecule has 0 radical (unpaired) electrons. The summed E-state index contributed by atoms with van der Waals surface area (Å²) in [6, 6.07) is -0.653. The van der Waals surface area contributed by atoms with Crippen LogP contribution in [0.3, 0.4) is 0 Å². The van der Waals surface area contributed by atoms with Crippen molar-refractivity contribution in [3.8, 4) is 0 Å². The maximum Gasteiger partial charge on any atom is 0.220 e. The molecule has 0 bridgehead atoms. The van der Waals surface area contributed by atoms with Crippen molar-refractivity contribution >= 4 is 5.91 Å². The largest absolute Gasteiger partial charge is 0.394 e. The van der Waals surface area contributed by atoms with Crippen molar-refractivity contribution in [1.82, 2.24) is 5.32 Å². The topological polar surface area (TPSA) is 69.6 Å². The molecular formula is C45H79NO3. The molecule has 0 aliphatic heterocycles. The van der Waals surface area contributed by atoms with Gasteiger partial charge in [-0.25, -0.2) is 0 Å². The molecule has 1 amide bonds. The van der Waals surface area contributed by atoms with Gasteiger partial charge in [0.05, 0.1) is 18.8 Å². The van der Waals surface area contributed by atoms with Gasteiger partial charge in [0.1, 0.15) is 0 Å². The fourth-order valence-electron chi connectivity index (χ4n) is 5.75. The van der Waals surface area contributed by atoms with Crippen molar-refractivity contribution < 1.29 is 15.0 Å². The molecule has 0 aromatic carbocycles. The van der Waals surface area contributed by atoms with Crippen LogP contribution in [0.4, 0.5) is 0 Å². The number of unbranched alkanes of at least 4 members (excludes halogenated alkanes) is 19. The molecule has 0 aliphatic carbocycles. The highest BCUT2D eigenvalue weighted by molar-refractivity contribution is 5.76. The van der Waals surface area contributed by atoms with Crippen LogP contribution >= 0.6 is 0 Å². The lowest BCUT2D eigenvalue weighted by Crippen LogP contribution is -2.45. The van der Waals surface area contributed by atoms with E-state index in [0.717, 1.165) is 70.6 Å². The molecule has 0 aromatic heterocycles. The molecule has 0 saturated carbocycles. The summed E-state index contributed by atoms with van der Waals surface area (Å²) in [6.07, 6.45) is 57.1. The highest BCUT2D eigenvalue weighted by atomic mass is 16.3. The van der Waals surface area contributed by atoms with E-state index in [1.807, 2.05) is 6.08 Å². The smallest absolute Gasteiger partial charge is 0.220 e. The quantitative estimate of drug-likeness (QED) is 0.0455. The number of hydrogen-bond acceptors (Lipinski definition) is 3. The number of rotatable bonds is 36. The van der Waals surface area contributed by atoms with E-state index in [1.165, 1.54) is 96.3 Å². The Hall–Kier alpha value is -2.17. The fraction of sp³-hybridized carbons (Fsp3) is 0.711. The second kappa shape index (κ2) is 40.3. The molecule has 0 aliphatic rings. The van der Waals surface area contributed by atoms with Crippen LogP contribution in [-0.2, 0) is 4.79 Å². The Morgan fingerprint density at radius 1 is 0.510 bits per heavy atom. The van der Waals surface area contributed by atoms with Crippen LogP contribution in [0.25, 0.3) is 0 Å². The third-order valence-corrected chi connectivity index (χ3v) is 8.90. The monoisotopic (exact) mass is 682 g/mol. The van der Waals surface area contributed by atoms with E-state index in [0.29, 0.717) is 6.42 Å². The molecule has 0 rings (SSSR count). The Balaban J connectivity index is 3.71. The van der Waals surface area contributed by atoms with Crippen molar-refractivity contribution in [2.24, 2.45) is 0 Å². The minimum Gasteiger partial charge on any atom is -0.394 e. The Morgan fingerprint density at radius 2 is 0.918 bits per heavy atom.